The summed E-state index contributed by atoms with van der Waals surface area (Å²) in [4.78, 5) is 0. The van der Waals surface area contributed by atoms with Gasteiger partial charge < -0.3 is 10.1 Å². The fourth-order valence-corrected chi connectivity index (χ4v) is 2.60. The molecule has 108 valence electrons. The highest BCUT2D eigenvalue weighted by molar-refractivity contribution is 5.42. The summed E-state index contributed by atoms with van der Waals surface area (Å²) in [5.41, 5.74) is 4.94. The van der Waals surface area contributed by atoms with Gasteiger partial charge in [-0.2, -0.15) is 5.10 Å². The molecule has 0 saturated carbocycles. The van der Waals surface area contributed by atoms with Crippen LogP contribution in [0.4, 0.5) is 0 Å². The minimum atomic E-state index is 0.0762. The quantitative estimate of drug-likeness (QED) is 0.910. The van der Waals surface area contributed by atoms with Crippen molar-refractivity contribution >= 4 is 0 Å². The molecule has 1 N–H and O–H groups in total. The SMILES string of the molecule is CCn1ncc(OC)c1C(NC)c1cccc(C)c1C. The smallest absolute Gasteiger partial charge is 0.161 e. The minimum Gasteiger partial charge on any atom is -0.493 e. The zero-order valence-corrected chi connectivity index (χ0v) is 12.9. The van der Waals surface area contributed by atoms with Crippen molar-refractivity contribution in [3.63, 3.8) is 0 Å². The van der Waals surface area contributed by atoms with E-state index < -0.39 is 0 Å². The molecule has 0 aliphatic heterocycles. The van der Waals surface area contributed by atoms with E-state index in [0.29, 0.717) is 0 Å². The molecule has 4 nitrogen and oxygen atoms in total. The van der Waals surface area contributed by atoms with Crippen LogP contribution in [0.1, 0.15) is 35.3 Å². The van der Waals surface area contributed by atoms with Gasteiger partial charge in [0.1, 0.15) is 5.69 Å². The van der Waals surface area contributed by atoms with Crippen molar-refractivity contribution in [2.45, 2.75) is 33.4 Å². The Labute approximate surface area is 120 Å². The van der Waals surface area contributed by atoms with Crippen molar-refractivity contribution in [1.82, 2.24) is 15.1 Å². The molecule has 0 saturated heterocycles. The van der Waals surface area contributed by atoms with E-state index in [2.05, 4.69) is 49.4 Å². The summed E-state index contributed by atoms with van der Waals surface area (Å²) in [5.74, 6) is 0.826. The summed E-state index contributed by atoms with van der Waals surface area (Å²) in [7, 11) is 3.66. The normalized spacial score (nSPS) is 12.4. The maximum Gasteiger partial charge on any atom is 0.161 e. The Hall–Kier alpha value is -1.81. The average Bonchev–Trinajstić information content (AvgIpc) is 2.87. The Morgan fingerprint density at radius 2 is 2.10 bits per heavy atom. The number of nitrogens with zero attached hydrogens (tertiary/aromatic N) is 2. The first kappa shape index (κ1) is 14.6. The monoisotopic (exact) mass is 273 g/mol. The second-order valence-corrected chi connectivity index (χ2v) is 4.92. The van der Waals surface area contributed by atoms with E-state index in [1.54, 1.807) is 13.3 Å². The van der Waals surface area contributed by atoms with Crippen LogP contribution in [0.3, 0.4) is 0 Å². The van der Waals surface area contributed by atoms with Crippen molar-refractivity contribution in [2.75, 3.05) is 14.2 Å². The van der Waals surface area contributed by atoms with Gasteiger partial charge in [0, 0.05) is 6.54 Å². The van der Waals surface area contributed by atoms with E-state index in [1.165, 1.54) is 16.7 Å². The molecule has 0 spiro atoms. The number of aromatic nitrogens is 2. The Balaban J connectivity index is 2.58. The lowest BCUT2D eigenvalue weighted by Gasteiger charge is -2.22. The topological polar surface area (TPSA) is 39.1 Å². The Kier molecular flexibility index (Phi) is 4.45. The highest BCUT2D eigenvalue weighted by Gasteiger charge is 2.23. The van der Waals surface area contributed by atoms with Crippen LogP contribution in [0.2, 0.25) is 0 Å². The van der Waals surface area contributed by atoms with Crippen LogP contribution in [0.25, 0.3) is 0 Å². The lowest BCUT2D eigenvalue weighted by atomic mass is 9.95. The summed E-state index contributed by atoms with van der Waals surface area (Å²) >= 11 is 0. The van der Waals surface area contributed by atoms with Crippen LogP contribution in [-0.4, -0.2) is 23.9 Å². The van der Waals surface area contributed by atoms with Crippen LogP contribution < -0.4 is 10.1 Å². The number of aryl methyl sites for hydroxylation is 2. The third kappa shape index (κ3) is 2.43. The van der Waals surface area contributed by atoms with Gasteiger partial charge in [0.15, 0.2) is 5.75 Å². The molecule has 1 unspecified atom stereocenters. The lowest BCUT2D eigenvalue weighted by molar-refractivity contribution is 0.401. The molecular formula is C16H23N3O. The first-order valence-corrected chi connectivity index (χ1v) is 6.97. The molecule has 0 radical (unpaired) electrons. The molecule has 0 bridgehead atoms. The number of benzene rings is 1. The molecular weight excluding hydrogens is 250 g/mol. The molecule has 1 aromatic carbocycles. The van der Waals surface area contributed by atoms with Crippen LogP contribution >= 0.6 is 0 Å². The number of hydrogen-bond donors (Lipinski definition) is 1. The van der Waals surface area contributed by atoms with Gasteiger partial charge in [-0.1, -0.05) is 18.2 Å². The minimum absolute atomic E-state index is 0.0762. The summed E-state index contributed by atoms with van der Waals surface area (Å²) in [5, 5.41) is 7.80. The summed E-state index contributed by atoms with van der Waals surface area (Å²) in [6.07, 6.45) is 1.79. The van der Waals surface area contributed by atoms with Crippen molar-refractivity contribution in [2.24, 2.45) is 0 Å². The summed E-state index contributed by atoms with van der Waals surface area (Å²) < 4.78 is 7.47. The number of hydrogen-bond acceptors (Lipinski definition) is 3. The van der Waals surface area contributed by atoms with Gasteiger partial charge in [0.05, 0.1) is 19.3 Å². The van der Waals surface area contributed by atoms with E-state index in [4.69, 9.17) is 4.74 Å². The van der Waals surface area contributed by atoms with Crippen LogP contribution in [0.5, 0.6) is 5.75 Å². The van der Waals surface area contributed by atoms with Gasteiger partial charge in [-0.3, -0.25) is 4.68 Å². The lowest BCUT2D eigenvalue weighted by Crippen LogP contribution is -2.23. The van der Waals surface area contributed by atoms with Gasteiger partial charge >= 0.3 is 0 Å². The number of rotatable bonds is 5. The van der Waals surface area contributed by atoms with Crippen molar-refractivity contribution in [3.05, 3.63) is 46.8 Å². The van der Waals surface area contributed by atoms with E-state index in [9.17, 15) is 0 Å². The Morgan fingerprint density at radius 1 is 1.35 bits per heavy atom. The maximum atomic E-state index is 5.48. The molecule has 2 rings (SSSR count). The third-order valence-corrected chi connectivity index (χ3v) is 3.88. The van der Waals surface area contributed by atoms with Gasteiger partial charge in [0.25, 0.3) is 0 Å². The third-order valence-electron chi connectivity index (χ3n) is 3.88. The molecule has 0 amide bonds. The zero-order chi connectivity index (χ0) is 14.7. The molecule has 1 aromatic heterocycles. The van der Waals surface area contributed by atoms with E-state index in [-0.39, 0.29) is 6.04 Å². The number of nitrogens with one attached hydrogen (secondary N) is 1. The van der Waals surface area contributed by atoms with E-state index in [0.717, 1.165) is 18.0 Å². The fraction of sp³-hybridized carbons (Fsp3) is 0.438. The molecule has 2 aromatic rings. The number of methoxy groups -OCH3 is 1. The van der Waals surface area contributed by atoms with Crippen LogP contribution in [0.15, 0.2) is 24.4 Å². The molecule has 0 fully saturated rings. The van der Waals surface area contributed by atoms with Crippen molar-refractivity contribution < 1.29 is 4.74 Å². The number of ether oxygens (including phenoxy) is 1. The molecule has 20 heavy (non-hydrogen) atoms. The average molecular weight is 273 g/mol. The molecule has 0 aliphatic rings. The molecule has 1 atom stereocenters. The van der Waals surface area contributed by atoms with Crippen LogP contribution in [-0.2, 0) is 6.54 Å². The highest BCUT2D eigenvalue weighted by Crippen LogP contribution is 2.32. The standard InChI is InChI=1S/C16H23N3O/c1-6-19-16(14(20-5)10-18-19)15(17-4)13-9-7-8-11(2)12(13)3/h7-10,15,17H,6H2,1-5H3. The molecule has 0 aliphatic carbocycles. The largest absolute Gasteiger partial charge is 0.493 e. The summed E-state index contributed by atoms with van der Waals surface area (Å²) in [6.45, 7) is 7.21. The second kappa shape index (κ2) is 6.09. The maximum absolute atomic E-state index is 5.48. The molecule has 4 heteroatoms. The first-order valence-electron chi connectivity index (χ1n) is 6.97. The van der Waals surface area contributed by atoms with Crippen molar-refractivity contribution in [1.29, 1.82) is 0 Å². The second-order valence-electron chi connectivity index (χ2n) is 4.92. The van der Waals surface area contributed by atoms with Crippen molar-refractivity contribution in [3.8, 4) is 5.75 Å². The summed E-state index contributed by atoms with van der Waals surface area (Å²) in [6, 6.07) is 6.48. The fourth-order valence-electron chi connectivity index (χ4n) is 2.60. The van der Waals surface area contributed by atoms with Gasteiger partial charge in [0.2, 0.25) is 0 Å². The Morgan fingerprint density at radius 3 is 2.70 bits per heavy atom. The van der Waals surface area contributed by atoms with Gasteiger partial charge in [-0.05, 0) is 44.5 Å². The van der Waals surface area contributed by atoms with E-state index in [1.807, 2.05) is 11.7 Å². The predicted octanol–water partition coefficient (Wildman–Crippen LogP) is 2.84. The van der Waals surface area contributed by atoms with Crippen LogP contribution in [0, 0.1) is 13.8 Å². The van der Waals surface area contributed by atoms with E-state index >= 15 is 0 Å². The predicted molar refractivity (Wildman–Crippen MR) is 81.3 cm³/mol. The molecule has 1 heterocycles. The highest BCUT2D eigenvalue weighted by atomic mass is 16.5. The zero-order valence-electron chi connectivity index (χ0n) is 12.9. The van der Waals surface area contributed by atoms with Gasteiger partial charge in [-0.15, -0.1) is 0 Å². The first-order chi connectivity index (χ1) is 9.63. The Bertz CT molecular complexity index is 568. The van der Waals surface area contributed by atoms with Gasteiger partial charge in [-0.25, -0.2) is 0 Å².